The molecule has 1 atom stereocenters. The Labute approximate surface area is 137 Å². The molecule has 0 saturated carbocycles. The zero-order valence-electron chi connectivity index (χ0n) is 13.5. The summed E-state index contributed by atoms with van der Waals surface area (Å²) in [5.74, 6) is -0.190. The Kier molecular flexibility index (Phi) is 5.28. The van der Waals surface area contributed by atoms with E-state index >= 15 is 0 Å². The second-order valence-corrected chi connectivity index (χ2v) is 6.43. The van der Waals surface area contributed by atoms with Gasteiger partial charge in [0.05, 0.1) is 5.92 Å². The lowest BCUT2D eigenvalue weighted by atomic mass is 10.1. The van der Waals surface area contributed by atoms with Crippen molar-refractivity contribution in [2.45, 2.75) is 25.7 Å². The van der Waals surface area contributed by atoms with E-state index in [-0.39, 0.29) is 17.7 Å². The molecule has 2 heterocycles. The van der Waals surface area contributed by atoms with Gasteiger partial charge in [0.1, 0.15) is 0 Å². The molecule has 1 aromatic carbocycles. The van der Waals surface area contributed by atoms with Crippen molar-refractivity contribution in [1.82, 2.24) is 10.2 Å². The fourth-order valence-electron chi connectivity index (χ4n) is 3.41. The first-order chi connectivity index (χ1) is 11.2. The third-order valence-electron chi connectivity index (χ3n) is 4.74. The lowest BCUT2D eigenvalue weighted by Crippen LogP contribution is -2.40. The Hall–Kier alpha value is -1.88. The van der Waals surface area contributed by atoms with Crippen molar-refractivity contribution in [3.63, 3.8) is 0 Å². The van der Waals surface area contributed by atoms with Gasteiger partial charge < -0.3 is 15.1 Å². The first kappa shape index (κ1) is 16.0. The molecule has 2 saturated heterocycles. The van der Waals surface area contributed by atoms with Gasteiger partial charge in [0.2, 0.25) is 11.8 Å². The number of nitrogens with zero attached hydrogens (tertiary/aromatic N) is 2. The van der Waals surface area contributed by atoms with Crippen LogP contribution in [0.4, 0.5) is 5.69 Å². The number of para-hydroxylation sites is 1. The lowest BCUT2D eigenvalue weighted by Gasteiger charge is -2.26. The van der Waals surface area contributed by atoms with Crippen LogP contribution in [-0.2, 0) is 9.59 Å². The van der Waals surface area contributed by atoms with E-state index in [9.17, 15) is 9.59 Å². The number of nitrogens with one attached hydrogen (secondary N) is 1. The molecule has 0 radical (unpaired) electrons. The molecule has 5 nitrogen and oxygen atoms in total. The minimum Gasteiger partial charge on any atom is -0.355 e. The summed E-state index contributed by atoms with van der Waals surface area (Å²) in [5.41, 5.74) is 0.876. The molecule has 2 aliphatic heterocycles. The highest BCUT2D eigenvalue weighted by molar-refractivity contribution is 6.00. The maximum Gasteiger partial charge on any atom is 0.227 e. The van der Waals surface area contributed by atoms with Gasteiger partial charge in [-0.15, -0.1) is 0 Å². The minimum atomic E-state index is -0.232. The maximum atomic E-state index is 12.3. The molecule has 0 bridgehead atoms. The number of anilines is 1. The highest BCUT2D eigenvalue weighted by atomic mass is 16.2. The van der Waals surface area contributed by atoms with Crippen LogP contribution >= 0.6 is 0 Å². The van der Waals surface area contributed by atoms with E-state index in [1.807, 2.05) is 30.3 Å². The summed E-state index contributed by atoms with van der Waals surface area (Å²) in [6.07, 6.45) is 4.15. The van der Waals surface area contributed by atoms with Crippen molar-refractivity contribution in [2.75, 3.05) is 37.6 Å². The average Bonchev–Trinajstić information content (AvgIpc) is 2.98. The third kappa shape index (κ3) is 4.10. The fraction of sp³-hybridized carbons (Fsp3) is 0.556. The highest BCUT2D eigenvalue weighted by Crippen LogP contribution is 2.24. The number of amides is 2. The molecular weight excluding hydrogens is 290 g/mol. The number of benzene rings is 1. The standard InChI is InChI=1S/C18H25N3O2/c22-17-13-15(14-21(17)16-7-3-1-4-8-16)18(23)19-9-12-20-10-5-2-6-11-20/h1,3-4,7-8,15H,2,5-6,9-14H2,(H,19,23)/t15-/m1/s1. The van der Waals surface area contributed by atoms with Crippen molar-refractivity contribution in [2.24, 2.45) is 5.92 Å². The summed E-state index contributed by atoms with van der Waals surface area (Å²) in [7, 11) is 0. The van der Waals surface area contributed by atoms with Gasteiger partial charge in [0.25, 0.3) is 0 Å². The van der Waals surface area contributed by atoms with Crippen molar-refractivity contribution in [3.8, 4) is 0 Å². The van der Waals surface area contributed by atoms with Crippen LogP contribution in [0.25, 0.3) is 0 Å². The predicted molar refractivity (Wildman–Crippen MR) is 90.2 cm³/mol. The Morgan fingerprint density at radius 2 is 1.87 bits per heavy atom. The second kappa shape index (κ2) is 7.59. The van der Waals surface area contributed by atoms with E-state index in [1.54, 1.807) is 4.90 Å². The normalized spacial score (nSPS) is 22.3. The van der Waals surface area contributed by atoms with Crippen molar-refractivity contribution in [3.05, 3.63) is 30.3 Å². The first-order valence-corrected chi connectivity index (χ1v) is 8.59. The molecule has 3 rings (SSSR count). The highest BCUT2D eigenvalue weighted by Gasteiger charge is 2.34. The molecule has 5 heteroatoms. The van der Waals surface area contributed by atoms with E-state index in [0.29, 0.717) is 19.5 Å². The van der Waals surface area contributed by atoms with Crippen molar-refractivity contribution < 1.29 is 9.59 Å². The second-order valence-electron chi connectivity index (χ2n) is 6.43. The summed E-state index contributed by atoms with van der Waals surface area (Å²) in [6.45, 7) is 4.35. The number of hydrogen-bond donors (Lipinski definition) is 1. The third-order valence-corrected chi connectivity index (χ3v) is 4.74. The molecule has 1 aromatic rings. The molecule has 0 spiro atoms. The Morgan fingerprint density at radius 1 is 1.13 bits per heavy atom. The first-order valence-electron chi connectivity index (χ1n) is 8.59. The number of piperidine rings is 1. The molecule has 2 aliphatic rings. The quantitative estimate of drug-likeness (QED) is 0.899. The van der Waals surface area contributed by atoms with Crippen LogP contribution in [0.1, 0.15) is 25.7 Å². The van der Waals surface area contributed by atoms with Gasteiger partial charge in [0, 0.05) is 31.7 Å². The Bertz CT molecular complexity index is 540. The van der Waals surface area contributed by atoms with Crippen molar-refractivity contribution in [1.29, 1.82) is 0 Å². The lowest BCUT2D eigenvalue weighted by molar-refractivity contribution is -0.126. The monoisotopic (exact) mass is 315 g/mol. The van der Waals surface area contributed by atoms with Gasteiger partial charge in [-0.1, -0.05) is 24.6 Å². The number of hydrogen-bond acceptors (Lipinski definition) is 3. The number of rotatable bonds is 5. The van der Waals surface area contributed by atoms with Crippen molar-refractivity contribution >= 4 is 17.5 Å². The molecule has 124 valence electrons. The molecule has 0 unspecified atom stereocenters. The van der Waals surface area contributed by atoms with Crippen LogP contribution in [0.5, 0.6) is 0 Å². The Morgan fingerprint density at radius 3 is 2.61 bits per heavy atom. The van der Waals surface area contributed by atoms with Gasteiger partial charge in [-0.2, -0.15) is 0 Å². The smallest absolute Gasteiger partial charge is 0.227 e. The van der Waals surface area contributed by atoms with E-state index in [2.05, 4.69) is 10.2 Å². The Balaban J connectivity index is 1.46. The number of likely N-dealkylation sites (tertiary alicyclic amines) is 1. The van der Waals surface area contributed by atoms with Crippen LogP contribution in [0.3, 0.4) is 0 Å². The van der Waals surface area contributed by atoms with Crippen LogP contribution in [0.15, 0.2) is 30.3 Å². The van der Waals surface area contributed by atoms with Gasteiger partial charge in [-0.3, -0.25) is 9.59 Å². The predicted octanol–water partition coefficient (Wildman–Crippen LogP) is 1.64. The van der Waals surface area contributed by atoms with Gasteiger partial charge in [-0.05, 0) is 38.1 Å². The van der Waals surface area contributed by atoms with Crippen LogP contribution < -0.4 is 10.2 Å². The van der Waals surface area contributed by atoms with E-state index < -0.39 is 0 Å². The summed E-state index contributed by atoms with van der Waals surface area (Å²) in [5, 5.41) is 3.00. The molecule has 2 amide bonds. The summed E-state index contributed by atoms with van der Waals surface area (Å²) in [6, 6.07) is 9.57. The summed E-state index contributed by atoms with van der Waals surface area (Å²) < 4.78 is 0. The molecular formula is C18H25N3O2. The number of carbonyl (C=O) groups is 2. The number of carbonyl (C=O) groups excluding carboxylic acids is 2. The van der Waals surface area contributed by atoms with Gasteiger partial charge in [0.15, 0.2) is 0 Å². The van der Waals surface area contributed by atoms with E-state index in [4.69, 9.17) is 0 Å². The maximum absolute atomic E-state index is 12.3. The largest absolute Gasteiger partial charge is 0.355 e. The SMILES string of the molecule is O=C(NCCN1CCCCC1)[C@@H]1CC(=O)N(c2ccccc2)C1. The molecule has 1 N–H and O–H groups in total. The zero-order valence-corrected chi connectivity index (χ0v) is 13.5. The molecule has 0 aliphatic carbocycles. The summed E-state index contributed by atoms with van der Waals surface area (Å²) in [4.78, 5) is 28.6. The zero-order chi connectivity index (χ0) is 16.1. The molecule has 23 heavy (non-hydrogen) atoms. The van der Waals surface area contributed by atoms with Crippen LogP contribution in [0.2, 0.25) is 0 Å². The van der Waals surface area contributed by atoms with Gasteiger partial charge >= 0.3 is 0 Å². The van der Waals surface area contributed by atoms with Gasteiger partial charge in [-0.25, -0.2) is 0 Å². The molecule has 2 fully saturated rings. The van der Waals surface area contributed by atoms with E-state index in [1.165, 1.54) is 19.3 Å². The van der Waals surface area contributed by atoms with E-state index in [0.717, 1.165) is 25.3 Å². The average molecular weight is 315 g/mol. The molecule has 0 aromatic heterocycles. The fourth-order valence-corrected chi connectivity index (χ4v) is 3.41. The van der Waals surface area contributed by atoms with Crippen LogP contribution in [-0.4, -0.2) is 49.4 Å². The minimum absolute atomic E-state index is 0.00814. The van der Waals surface area contributed by atoms with Crippen LogP contribution in [0, 0.1) is 5.92 Å². The topological polar surface area (TPSA) is 52.7 Å². The summed E-state index contributed by atoms with van der Waals surface area (Å²) >= 11 is 0.